The second kappa shape index (κ2) is 5.90. The van der Waals surface area contributed by atoms with Gasteiger partial charge in [0.1, 0.15) is 0 Å². The summed E-state index contributed by atoms with van der Waals surface area (Å²) in [5, 5.41) is 0. The lowest BCUT2D eigenvalue weighted by molar-refractivity contribution is -0.172. The standard InChI is InChI=1S/C19H28F2/c1-2-3-4-5-6-7-8-19(20,21)18-12-15-9-16(13-18)11-17(10-15)14-18/h15-17H,2-6,9-14H2,1H3. The number of rotatable bonds is 5. The molecule has 0 heterocycles. The highest BCUT2D eigenvalue weighted by atomic mass is 19.3. The molecule has 0 aromatic heterocycles. The summed E-state index contributed by atoms with van der Waals surface area (Å²) in [6.07, 6.45) is 10.9. The van der Waals surface area contributed by atoms with Gasteiger partial charge in [-0.05, 0) is 68.6 Å². The molecule has 4 aliphatic rings. The van der Waals surface area contributed by atoms with Gasteiger partial charge in [-0.25, -0.2) is 0 Å². The summed E-state index contributed by atoms with van der Waals surface area (Å²) in [5.74, 6) is 4.15. The first-order valence-corrected chi connectivity index (χ1v) is 8.92. The van der Waals surface area contributed by atoms with Crippen LogP contribution in [0.25, 0.3) is 0 Å². The number of alkyl halides is 2. The minimum absolute atomic E-state index is 0.563. The number of halogens is 2. The van der Waals surface area contributed by atoms with Crippen molar-refractivity contribution in [3.05, 3.63) is 0 Å². The topological polar surface area (TPSA) is 0 Å². The van der Waals surface area contributed by atoms with Crippen LogP contribution in [-0.4, -0.2) is 5.92 Å². The van der Waals surface area contributed by atoms with E-state index in [-0.39, 0.29) is 0 Å². The first-order chi connectivity index (χ1) is 10.0. The number of hydrogen-bond acceptors (Lipinski definition) is 0. The molecule has 0 aromatic rings. The van der Waals surface area contributed by atoms with E-state index in [1.165, 1.54) is 32.1 Å². The van der Waals surface area contributed by atoms with Crippen LogP contribution >= 0.6 is 0 Å². The minimum Gasteiger partial charge on any atom is -0.191 e. The molecule has 0 unspecified atom stereocenters. The Morgan fingerprint density at radius 3 is 2.05 bits per heavy atom. The number of unbranched alkanes of at least 4 members (excludes halogenated alkanes) is 4. The highest BCUT2D eigenvalue weighted by molar-refractivity contribution is 5.20. The van der Waals surface area contributed by atoms with Gasteiger partial charge >= 0.3 is 5.92 Å². The van der Waals surface area contributed by atoms with E-state index in [0.29, 0.717) is 24.2 Å². The lowest BCUT2D eigenvalue weighted by Gasteiger charge is -2.58. The molecule has 0 radical (unpaired) electrons. The summed E-state index contributed by atoms with van der Waals surface area (Å²) in [6, 6.07) is 0. The molecule has 4 saturated carbocycles. The molecule has 4 aliphatic carbocycles. The molecule has 0 aromatic carbocycles. The van der Waals surface area contributed by atoms with Crippen molar-refractivity contribution in [3.8, 4) is 11.8 Å². The van der Waals surface area contributed by atoms with E-state index in [9.17, 15) is 8.78 Å². The Morgan fingerprint density at radius 1 is 0.952 bits per heavy atom. The molecule has 0 spiro atoms. The van der Waals surface area contributed by atoms with Crippen molar-refractivity contribution >= 4 is 0 Å². The molecule has 0 N–H and O–H groups in total. The van der Waals surface area contributed by atoms with Crippen LogP contribution in [0.2, 0.25) is 0 Å². The summed E-state index contributed by atoms with van der Waals surface area (Å²) in [7, 11) is 0. The molecule has 4 rings (SSSR count). The molecule has 0 atom stereocenters. The van der Waals surface area contributed by atoms with Crippen LogP contribution in [0.5, 0.6) is 0 Å². The normalized spacial score (nSPS) is 37.4. The van der Waals surface area contributed by atoms with Crippen LogP contribution in [0.4, 0.5) is 8.78 Å². The molecule has 0 saturated heterocycles. The molecular formula is C19H28F2. The predicted molar refractivity (Wildman–Crippen MR) is 82.1 cm³/mol. The highest BCUT2D eigenvalue weighted by Gasteiger charge is 2.61. The quantitative estimate of drug-likeness (QED) is 0.443. The third kappa shape index (κ3) is 2.99. The lowest BCUT2D eigenvalue weighted by atomic mass is 9.48. The van der Waals surface area contributed by atoms with Crippen molar-refractivity contribution in [2.24, 2.45) is 23.2 Å². The second-order valence-corrected chi connectivity index (χ2v) is 7.88. The Kier molecular flexibility index (Phi) is 4.30. The van der Waals surface area contributed by atoms with Gasteiger partial charge in [-0.15, -0.1) is 0 Å². The van der Waals surface area contributed by atoms with Crippen LogP contribution in [0, 0.1) is 35.0 Å². The molecular weight excluding hydrogens is 266 g/mol. The molecule has 0 aliphatic heterocycles. The van der Waals surface area contributed by atoms with Crippen LogP contribution in [-0.2, 0) is 0 Å². The minimum atomic E-state index is -2.76. The summed E-state index contributed by atoms with van der Waals surface area (Å²) >= 11 is 0. The maximum absolute atomic E-state index is 14.8. The fourth-order valence-corrected chi connectivity index (χ4v) is 5.44. The van der Waals surface area contributed by atoms with Gasteiger partial charge in [0.2, 0.25) is 0 Å². The summed E-state index contributed by atoms with van der Waals surface area (Å²) in [5.41, 5.74) is -0.766. The fourth-order valence-electron chi connectivity index (χ4n) is 5.44. The second-order valence-electron chi connectivity index (χ2n) is 7.88. The van der Waals surface area contributed by atoms with Crippen molar-refractivity contribution in [2.45, 2.75) is 83.5 Å². The van der Waals surface area contributed by atoms with E-state index in [2.05, 4.69) is 18.8 Å². The van der Waals surface area contributed by atoms with Gasteiger partial charge in [-0.2, -0.15) is 8.78 Å². The van der Waals surface area contributed by atoms with Gasteiger partial charge in [0.05, 0.1) is 0 Å². The van der Waals surface area contributed by atoms with Crippen LogP contribution in [0.15, 0.2) is 0 Å². The van der Waals surface area contributed by atoms with Crippen molar-refractivity contribution < 1.29 is 8.78 Å². The van der Waals surface area contributed by atoms with Crippen LogP contribution in [0.1, 0.15) is 77.6 Å². The van der Waals surface area contributed by atoms with E-state index < -0.39 is 11.3 Å². The Bertz CT molecular complexity index is 391. The average molecular weight is 294 g/mol. The van der Waals surface area contributed by atoms with Gasteiger partial charge in [-0.3, -0.25) is 0 Å². The molecule has 0 amide bonds. The summed E-state index contributed by atoms with van der Waals surface area (Å²) < 4.78 is 29.5. The van der Waals surface area contributed by atoms with Crippen molar-refractivity contribution in [1.82, 2.24) is 0 Å². The Balaban J connectivity index is 1.63. The van der Waals surface area contributed by atoms with E-state index in [1.807, 2.05) is 0 Å². The van der Waals surface area contributed by atoms with E-state index in [0.717, 1.165) is 32.1 Å². The van der Waals surface area contributed by atoms with Crippen molar-refractivity contribution in [3.63, 3.8) is 0 Å². The Labute approximate surface area is 128 Å². The first-order valence-electron chi connectivity index (χ1n) is 8.92. The zero-order chi connectivity index (χ0) is 14.9. The molecule has 21 heavy (non-hydrogen) atoms. The number of hydrogen-bond donors (Lipinski definition) is 0. The monoisotopic (exact) mass is 294 g/mol. The zero-order valence-electron chi connectivity index (χ0n) is 13.3. The van der Waals surface area contributed by atoms with Gasteiger partial charge in [0.25, 0.3) is 0 Å². The maximum Gasteiger partial charge on any atom is 0.313 e. The largest absolute Gasteiger partial charge is 0.313 e. The smallest absolute Gasteiger partial charge is 0.191 e. The third-order valence-corrected chi connectivity index (χ3v) is 6.11. The zero-order valence-corrected chi connectivity index (χ0v) is 13.3. The molecule has 4 bridgehead atoms. The van der Waals surface area contributed by atoms with E-state index in [1.54, 1.807) is 0 Å². The SMILES string of the molecule is CCCCCCC#CC(F)(F)C12CC3CC(CC(C3)C1)C2. The molecule has 4 fully saturated rings. The summed E-state index contributed by atoms with van der Waals surface area (Å²) in [4.78, 5) is 0. The Hall–Kier alpha value is -0.580. The van der Waals surface area contributed by atoms with Crippen molar-refractivity contribution in [1.29, 1.82) is 0 Å². The lowest BCUT2D eigenvalue weighted by Crippen LogP contribution is -2.54. The van der Waals surface area contributed by atoms with E-state index >= 15 is 0 Å². The third-order valence-electron chi connectivity index (χ3n) is 6.11. The van der Waals surface area contributed by atoms with Gasteiger partial charge in [0, 0.05) is 11.8 Å². The van der Waals surface area contributed by atoms with E-state index in [4.69, 9.17) is 0 Å². The molecule has 118 valence electrons. The first kappa shape index (κ1) is 15.3. The highest BCUT2D eigenvalue weighted by Crippen LogP contribution is 2.64. The average Bonchev–Trinajstić information content (AvgIpc) is 2.41. The van der Waals surface area contributed by atoms with Crippen molar-refractivity contribution in [2.75, 3.05) is 0 Å². The predicted octanol–water partition coefficient (Wildman–Crippen LogP) is 5.81. The van der Waals surface area contributed by atoms with Gasteiger partial charge in [-0.1, -0.05) is 32.1 Å². The molecule has 0 nitrogen and oxygen atoms in total. The van der Waals surface area contributed by atoms with Crippen LogP contribution in [0.3, 0.4) is 0 Å². The summed E-state index contributed by atoms with van der Waals surface area (Å²) in [6.45, 7) is 2.16. The fraction of sp³-hybridized carbons (Fsp3) is 0.895. The maximum atomic E-state index is 14.8. The molecule has 2 heteroatoms. The van der Waals surface area contributed by atoms with Gasteiger partial charge in [0.15, 0.2) is 0 Å². The van der Waals surface area contributed by atoms with Gasteiger partial charge < -0.3 is 0 Å². The van der Waals surface area contributed by atoms with Crippen LogP contribution < -0.4 is 0 Å². The Morgan fingerprint density at radius 2 is 1.52 bits per heavy atom.